The van der Waals surface area contributed by atoms with E-state index >= 15 is 0 Å². The molecule has 0 amide bonds. The Labute approximate surface area is 166 Å². The lowest BCUT2D eigenvalue weighted by Gasteiger charge is -2.13. The predicted octanol–water partition coefficient (Wildman–Crippen LogP) is 3.76. The zero-order chi connectivity index (χ0) is 20.3. The Morgan fingerprint density at radius 2 is 2.14 bits per heavy atom. The van der Waals surface area contributed by atoms with Gasteiger partial charge in [-0.15, -0.1) is 0 Å². The van der Waals surface area contributed by atoms with Crippen LogP contribution in [0.2, 0.25) is 0 Å². The largest absolute Gasteiger partial charge is 0.493 e. The quantitative estimate of drug-likeness (QED) is 0.628. The van der Waals surface area contributed by atoms with E-state index in [-0.39, 0.29) is 12.4 Å². The van der Waals surface area contributed by atoms with E-state index in [1.807, 2.05) is 12.3 Å². The molecule has 1 unspecified atom stereocenters. The summed E-state index contributed by atoms with van der Waals surface area (Å²) in [6.07, 6.45) is 0.788. The molecule has 0 spiro atoms. The highest BCUT2D eigenvalue weighted by Gasteiger charge is 2.30. The number of likely N-dealkylation sites (tertiary alicyclic amines) is 1. The molecule has 2 N–H and O–H groups in total. The van der Waals surface area contributed by atoms with Gasteiger partial charge >= 0.3 is 6.18 Å². The number of H-pyrrole nitrogens is 2. The average Bonchev–Trinajstić information content (AvgIpc) is 3.43. The van der Waals surface area contributed by atoms with Gasteiger partial charge in [-0.25, -0.2) is 4.98 Å². The van der Waals surface area contributed by atoms with Crippen LogP contribution in [-0.2, 0) is 19.1 Å². The number of ether oxygens (including phenoxy) is 1. The number of aromatic amines is 2. The summed E-state index contributed by atoms with van der Waals surface area (Å²) in [7, 11) is 0. The third kappa shape index (κ3) is 4.97. The molecule has 1 fully saturated rings. The van der Waals surface area contributed by atoms with Crippen molar-refractivity contribution in [3.63, 3.8) is 0 Å². The molecular formula is C20H22F3N5O. The van der Waals surface area contributed by atoms with Crippen molar-refractivity contribution in [2.45, 2.75) is 31.5 Å². The Balaban J connectivity index is 1.27. The van der Waals surface area contributed by atoms with Gasteiger partial charge in [0, 0.05) is 37.0 Å². The average molecular weight is 405 g/mol. The minimum atomic E-state index is -4.37. The fraction of sp³-hybridized carbons (Fsp3) is 0.400. The molecule has 0 bridgehead atoms. The maximum Gasteiger partial charge on any atom is 0.416 e. The third-order valence-corrected chi connectivity index (χ3v) is 5.07. The molecule has 1 saturated heterocycles. The second-order valence-corrected chi connectivity index (χ2v) is 7.20. The number of hydrogen-bond acceptors (Lipinski definition) is 4. The molecule has 6 nitrogen and oxygen atoms in total. The molecule has 3 heterocycles. The Morgan fingerprint density at radius 1 is 1.24 bits per heavy atom. The van der Waals surface area contributed by atoms with Crippen LogP contribution in [0.1, 0.15) is 35.1 Å². The molecule has 0 saturated carbocycles. The van der Waals surface area contributed by atoms with Gasteiger partial charge in [-0.3, -0.25) is 10.00 Å². The van der Waals surface area contributed by atoms with Gasteiger partial charge in [-0.1, -0.05) is 6.07 Å². The molecule has 0 radical (unpaired) electrons. The summed E-state index contributed by atoms with van der Waals surface area (Å²) in [6.45, 7) is 2.99. The minimum Gasteiger partial charge on any atom is -0.493 e. The van der Waals surface area contributed by atoms with E-state index in [9.17, 15) is 13.2 Å². The molecular weight excluding hydrogens is 383 g/mol. The molecule has 1 atom stereocenters. The first-order valence-electron chi connectivity index (χ1n) is 9.52. The number of imidazole rings is 1. The van der Waals surface area contributed by atoms with Crippen molar-refractivity contribution in [1.82, 2.24) is 25.1 Å². The zero-order valence-electron chi connectivity index (χ0n) is 15.7. The highest BCUT2D eigenvalue weighted by atomic mass is 19.4. The van der Waals surface area contributed by atoms with Crippen molar-refractivity contribution in [2.24, 2.45) is 0 Å². The number of nitrogens with one attached hydrogen (secondary N) is 2. The Hall–Kier alpha value is -2.81. The van der Waals surface area contributed by atoms with E-state index < -0.39 is 11.7 Å². The van der Waals surface area contributed by atoms with Gasteiger partial charge in [0.2, 0.25) is 0 Å². The molecule has 0 aliphatic carbocycles. The topological polar surface area (TPSA) is 69.8 Å². The SMILES string of the molecule is FC(F)(F)c1cccc(OCCc2cc(C3CCN(Cc4ncc[nH]4)C3)n[nH]2)c1. The number of aromatic nitrogens is 4. The number of benzene rings is 1. The molecule has 1 aromatic carbocycles. The van der Waals surface area contributed by atoms with Gasteiger partial charge in [0.25, 0.3) is 0 Å². The lowest BCUT2D eigenvalue weighted by atomic mass is 10.0. The standard InChI is InChI=1S/C20H22F3N5O/c21-20(22,23)15-2-1-3-17(10-15)29-9-5-16-11-18(27-26-16)14-4-8-28(12-14)13-19-24-6-7-25-19/h1-3,6-7,10-11,14H,4-5,8-9,12-13H2,(H,24,25)(H,26,27). The summed E-state index contributed by atoms with van der Waals surface area (Å²) in [5, 5.41) is 7.44. The molecule has 2 aromatic heterocycles. The van der Waals surface area contributed by atoms with Crippen LogP contribution in [0.3, 0.4) is 0 Å². The van der Waals surface area contributed by atoms with Crippen molar-refractivity contribution in [3.8, 4) is 5.75 Å². The van der Waals surface area contributed by atoms with E-state index in [0.717, 1.165) is 55.4 Å². The molecule has 29 heavy (non-hydrogen) atoms. The fourth-order valence-corrected chi connectivity index (χ4v) is 3.57. The number of alkyl halides is 3. The van der Waals surface area contributed by atoms with Crippen LogP contribution in [-0.4, -0.2) is 44.8 Å². The van der Waals surface area contributed by atoms with Gasteiger partial charge in [-0.05, 0) is 37.2 Å². The van der Waals surface area contributed by atoms with Crippen LogP contribution >= 0.6 is 0 Å². The minimum absolute atomic E-state index is 0.212. The summed E-state index contributed by atoms with van der Waals surface area (Å²) in [4.78, 5) is 9.73. The Kier molecular flexibility index (Phi) is 5.57. The normalized spacial score (nSPS) is 17.7. The maximum atomic E-state index is 12.8. The van der Waals surface area contributed by atoms with Crippen molar-refractivity contribution in [1.29, 1.82) is 0 Å². The van der Waals surface area contributed by atoms with Gasteiger partial charge in [0.15, 0.2) is 0 Å². The van der Waals surface area contributed by atoms with E-state index in [1.165, 1.54) is 12.1 Å². The first kappa shape index (κ1) is 19.5. The fourth-order valence-electron chi connectivity index (χ4n) is 3.57. The summed E-state index contributed by atoms with van der Waals surface area (Å²) in [5.74, 6) is 1.53. The van der Waals surface area contributed by atoms with E-state index in [0.29, 0.717) is 12.3 Å². The lowest BCUT2D eigenvalue weighted by molar-refractivity contribution is -0.137. The summed E-state index contributed by atoms with van der Waals surface area (Å²) >= 11 is 0. The van der Waals surface area contributed by atoms with Crippen LogP contribution in [0, 0.1) is 0 Å². The molecule has 154 valence electrons. The van der Waals surface area contributed by atoms with Crippen LogP contribution in [0.25, 0.3) is 0 Å². The smallest absolute Gasteiger partial charge is 0.416 e. The van der Waals surface area contributed by atoms with E-state index in [2.05, 4.69) is 25.1 Å². The molecule has 1 aliphatic heterocycles. The predicted molar refractivity (Wildman–Crippen MR) is 100 cm³/mol. The van der Waals surface area contributed by atoms with Crippen molar-refractivity contribution in [2.75, 3.05) is 19.7 Å². The molecule has 3 aromatic rings. The highest BCUT2D eigenvalue weighted by Crippen LogP contribution is 2.31. The van der Waals surface area contributed by atoms with Crippen LogP contribution in [0.15, 0.2) is 42.7 Å². The third-order valence-electron chi connectivity index (χ3n) is 5.07. The summed E-state index contributed by atoms with van der Waals surface area (Å²) in [6, 6.07) is 6.95. The monoisotopic (exact) mass is 405 g/mol. The van der Waals surface area contributed by atoms with Gasteiger partial charge < -0.3 is 9.72 Å². The molecule has 1 aliphatic rings. The Bertz CT molecular complexity index is 922. The zero-order valence-corrected chi connectivity index (χ0v) is 15.7. The van der Waals surface area contributed by atoms with Crippen molar-refractivity contribution in [3.05, 3.63) is 65.5 Å². The Morgan fingerprint density at radius 3 is 2.93 bits per heavy atom. The van der Waals surface area contributed by atoms with Gasteiger partial charge in [0.1, 0.15) is 11.6 Å². The van der Waals surface area contributed by atoms with Crippen LogP contribution in [0.5, 0.6) is 5.75 Å². The van der Waals surface area contributed by atoms with Crippen LogP contribution < -0.4 is 4.74 Å². The number of rotatable bonds is 7. The van der Waals surface area contributed by atoms with Crippen LogP contribution in [0.4, 0.5) is 13.2 Å². The second-order valence-electron chi connectivity index (χ2n) is 7.20. The van der Waals surface area contributed by atoms with E-state index in [1.54, 1.807) is 6.20 Å². The molecule has 9 heteroatoms. The van der Waals surface area contributed by atoms with Crippen molar-refractivity contribution >= 4 is 0 Å². The van der Waals surface area contributed by atoms with Crippen molar-refractivity contribution < 1.29 is 17.9 Å². The summed E-state index contributed by atoms with van der Waals surface area (Å²) in [5.41, 5.74) is 1.22. The van der Waals surface area contributed by atoms with Gasteiger partial charge in [-0.2, -0.15) is 18.3 Å². The first-order chi connectivity index (χ1) is 14.0. The maximum absolute atomic E-state index is 12.8. The number of hydrogen-bond donors (Lipinski definition) is 2. The highest BCUT2D eigenvalue weighted by molar-refractivity contribution is 5.30. The second kappa shape index (κ2) is 8.28. The van der Waals surface area contributed by atoms with Gasteiger partial charge in [0.05, 0.1) is 24.4 Å². The summed E-state index contributed by atoms with van der Waals surface area (Å²) < 4.78 is 43.8. The lowest BCUT2D eigenvalue weighted by Crippen LogP contribution is -2.20. The molecule has 4 rings (SSSR count). The van der Waals surface area contributed by atoms with E-state index in [4.69, 9.17) is 4.74 Å². The number of halogens is 3. The first-order valence-corrected chi connectivity index (χ1v) is 9.52. The number of nitrogens with zero attached hydrogens (tertiary/aromatic N) is 3.